The fraction of sp³-hybridized carbons (Fsp3) is 0.333. The van der Waals surface area contributed by atoms with Crippen LogP contribution >= 0.6 is 0 Å². The predicted molar refractivity (Wildman–Crippen MR) is 109 cm³/mol. The average Bonchev–Trinajstić information content (AvgIpc) is 2.76. The van der Waals surface area contributed by atoms with Crippen LogP contribution in [-0.2, 0) is 4.74 Å². The summed E-state index contributed by atoms with van der Waals surface area (Å²) >= 11 is 0. The first-order chi connectivity index (χ1) is 14.9. The van der Waals surface area contributed by atoms with E-state index in [-0.39, 0.29) is 17.8 Å². The molecule has 2 aromatic heterocycles. The van der Waals surface area contributed by atoms with Gasteiger partial charge < -0.3 is 20.7 Å². The molecule has 0 amide bonds. The number of hydrogen-bond donors (Lipinski definition) is 2. The lowest BCUT2D eigenvalue weighted by Crippen LogP contribution is -2.57. The number of ether oxygens (including phenoxy) is 1. The number of aromatic nitrogens is 3. The van der Waals surface area contributed by atoms with E-state index < -0.39 is 23.4 Å². The van der Waals surface area contributed by atoms with Crippen molar-refractivity contribution in [2.45, 2.75) is 31.7 Å². The molecular formula is C21H19F2N7O. The van der Waals surface area contributed by atoms with Gasteiger partial charge in [0.1, 0.15) is 29.7 Å². The summed E-state index contributed by atoms with van der Waals surface area (Å²) in [6.45, 7) is 3.34. The van der Waals surface area contributed by atoms with E-state index in [2.05, 4.69) is 25.4 Å². The molecule has 0 saturated carbocycles. The normalized spacial score (nSPS) is 20.8. The third kappa shape index (κ3) is 3.41. The number of nitrogens with one attached hydrogen (secondary N) is 1. The van der Waals surface area contributed by atoms with Gasteiger partial charge in [-0.2, -0.15) is 10.4 Å². The van der Waals surface area contributed by atoms with E-state index in [1.165, 1.54) is 0 Å². The number of nitriles is 1. The Morgan fingerprint density at radius 2 is 1.97 bits per heavy atom. The van der Waals surface area contributed by atoms with Crippen molar-refractivity contribution >= 4 is 22.4 Å². The van der Waals surface area contributed by atoms with Gasteiger partial charge in [-0.1, -0.05) is 0 Å². The molecule has 3 saturated heterocycles. The highest BCUT2D eigenvalue weighted by Gasteiger charge is 2.38. The number of nitrogens with zero attached hydrogens (tertiary/aromatic N) is 5. The average molecular weight is 423 g/mol. The first-order valence-corrected chi connectivity index (χ1v) is 9.87. The highest BCUT2D eigenvalue weighted by Crippen LogP contribution is 2.33. The smallest absolute Gasteiger partial charge is 0.158 e. The molecule has 3 aliphatic rings. The van der Waals surface area contributed by atoms with E-state index in [1.807, 2.05) is 13.0 Å². The summed E-state index contributed by atoms with van der Waals surface area (Å²) in [5, 5.41) is 21.7. The van der Waals surface area contributed by atoms with Gasteiger partial charge in [0.15, 0.2) is 5.82 Å². The van der Waals surface area contributed by atoms with Gasteiger partial charge in [0.2, 0.25) is 0 Å². The Morgan fingerprint density at radius 1 is 1.23 bits per heavy atom. The summed E-state index contributed by atoms with van der Waals surface area (Å²) in [6, 6.07) is 5.32. The molecule has 1 aromatic carbocycles. The van der Waals surface area contributed by atoms with Gasteiger partial charge in [0, 0.05) is 42.0 Å². The Balaban J connectivity index is 1.51. The summed E-state index contributed by atoms with van der Waals surface area (Å²) in [5.74, 6) is -0.527. The van der Waals surface area contributed by atoms with E-state index in [0.29, 0.717) is 16.9 Å². The maximum absolute atomic E-state index is 14.6. The van der Waals surface area contributed by atoms with Crippen LogP contribution in [0.5, 0.6) is 0 Å². The van der Waals surface area contributed by atoms with Crippen LogP contribution in [-0.4, -0.2) is 40.5 Å². The zero-order valence-electron chi connectivity index (χ0n) is 16.6. The third-order valence-corrected chi connectivity index (χ3v) is 5.73. The van der Waals surface area contributed by atoms with Crippen molar-refractivity contribution in [3.8, 4) is 6.07 Å². The summed E-state index contributed by atoms with van der Waals surface area (Å²) in [7, 11) is 0. The van der Waals surface area contributed by atoms with Crippen molar-refractivity contribution in [1.29, 1.82) is 5.26 Å². The lowest BCUT2D eigenvalue weighted by Gasteiger charge is -2.47. The first-order valence-electron chi connectivity index (χ1n) is 9.87. The monoisotopic (exact) mass is 423 g/mol. The molecule has 158 valence electrons. The molecular weight excluding hydrogens is 404 g/mol. The van der Waals surface area contributed by atoms with Gasteiger partial charge in [0.25, 0.3) is 0 Å². The van der Waals surface area contributed by atoms with Gasteiger partial charge in [-0.05, 0) is 25.1 Å². The number of piperidine rings is 1. The molecule has 6 rings (SSSR count). The largest absolute Gasteiger partial charge is 0.371 e. The molecule has 0 spiro atoms. The van der Waals surface area contributed by atoms with E-state index >= 15 is 0 Å². The Bertz CT molecular complexity index is 1210. The second-order valence-corrected chi connectivity index (χ2v) is 7.83. The van der Waals surface area contributed by atoms with Crippen LogP contribution in [0.1, 0.15) is 29.4 Å². The fourth-order valence-electron chi connectivity index (χ4n) is 4.13. The molecule has 3 aliphatic heterocycles. The molecule has 3 N–H and O–H groups in total. The van der Waals surface area contributed by atoms with Gasteiger partial charge in [-0.3, -0.25) is 0 Å². The minimum atomic E-state index is -1.14. The lowest BCUT2D eigenvalue weighted by atomic mass is 9.99. The van der Waals surface area contributed by atoms with E-state index in [1.54, 1.807) is 12.3 Å². The number of nitrogens with two attached hydrogens (primary N) is 1. The van der Waals surface area contributed by atoms with Crippen molar-refractivity contribution in [2.75, 3.05) is 23.3 Å². The van der Waals surface area contributed by atoms with E-state index in [9.17, 15) is 8.78 Å². The van der Waals surface area contributed by atoms with Crippen molar-refractivity contribution in [2.24, 2.45) is 5.73 Å². The fourth-order valence-corrected chi connectivity index (χ4v) is 4.13. The predicted octanol–water partition coefficient (Wildman–Crippen LogP) is 2.53. The van der Waals surface area contributed by atoms with Crippen LogP contribution < -0.4 is 16.0 Å². The number of halogens is 2. The zero-order valence-corrected chi connectivity index (χ0v) is 16.6. The maximum atomic E-state index is 14.6. The first kappa shape index (κ1) is 19.5. The minimum Gasteiger partial charge on any atom is -0.371 e. The number of hydrogen-bond acceptors (Lipinski definition) is 8. The molecule has 3 fully saturated rings. The summed E-state index contributed by atoms with van der Waals surface area (Å²) in [4.78, 5) is 6.73. The quantitative estimate of drug-likeness (QED) is 0.616. The number of anilines is 2. The van der Waals surface area contributed by atoms with Crippen LogP contribution in [0.2, 0.25) is 0 Å². The lowest BCUT2D eigenvalue weighted by molar-refractivity contribution is -0.133. The van der Waals surface area contributed by atoms with Crippen molar-refractivity contribution in [1.82, 2.24) is 15.2 Å². The second kappa shape index (κ2) is 7.37. The number of morpholine rings is 1. The Morgan fingerprint density at radius 3 is 2.68 bits per heavy atom. The van der Waals surface area contributed by atoms with Gasteiger partial charge >= 0.3 is 0 Å². The Hall–Kier alpha value is -3.42. The SMILES string of the molecule is Cc1nnc(N[C@H](N)c2cc(F)cc(C#N)c2F)c2cc(N3CC4CC(C3)O4)ncc12. The van der Waals surface area contributed by atoms with Gasteiger partial charge in [-0.15, -0.1) is 5.10 Å². The number of fused-ring (bicyclic) bond motifs is 3. The molecule has 0 radical (unpaired) electrons. The van der Waals surface area contributed by atoms with Crippen LogP contribution in [0.4, 0.5) is 20.4 Å². The van der Waals surface area contributed by atoms with Crippen LogP contribution in [0.25, 0.3) is 10.8 Å². The highest BCUT2D eigenvalue weighted by molar-refractivity contribution is 5.94. The Labute approximate surface area is 176 Å². The van der Waals surface area contributed by atoms with Crippen LogP contribution in [0.15, 0.2) is 24.4 Å². The van der Waals surface area contributed by atoms with Crippen molar-refractivity contribution in [3.63, 3.8) is 0 Å². The number of pyridine rings is 1. The molecule has 3 atom stereocenters. The summed E-state index contributed by atoms with van der Waals surface area (Å²) in [6.07, 6.45) is 2.11. The van der Waals surface area contributed by atoms with Gasteiger partial charge in [-0.25, -0.2) is 13.8 Å². The van der Waals surface area contributed by atoms with Gasteiger partial charge in [0.05, 0.1) is 23.5 Å². The highest BCUT2D eigenvalue weighted by atomic mass is 19.1. The molecule has 31 heavy (non-hydrogen) atoms. The second-order valence-electron chi connectivity index (χ2n) is 7.83. The van der Waals surface area contributed by atoms with Crippen LogP contribution in [0, 0.1) is 29.9 Å². The Kier molecular flexibility index (Phi) is 4.64. The topological polar surface area (TPSA) is 113 Å². The molecule has 2 bridgehead atoms. The maximum Gasteiger partial charge on any atom is 0.158 e. The van der Waals surface area contributed by atoms with Crippen LogP contribution in [0.3, 0.4) is 0 Å². The van der Waals surface area contributed by atoms with E-state index in [0.717, 1.165) is 42.8 Å². The molecule has 3 aromatic rings. The third-order valence-electron chi connectivity index (χ3n) is 5.73. The molecule has 5 heterocycles. The van der Waals surface area contributed by atoms with E-state index in [4.69, 9.17) is 15.7 Å². The number of rotatable bonds is 4. The minimum absolute atomic E-state index is 0.172. The number of benzene rings is 1. The summed E-state index contributed by atoms with van der Waals surface area (Å²) in [5.41, 5.74) is 6.21. The molecule has 8 nitrogen and oxygen atoms in total. The standard InChI is InChI=1S/C21H19F2N7O/c1-10-17-7-26-18(30-8-13-4-14(9-30)31-13)5-15(17)21(29-28-10)27-20(25)16-3-12(22)2-11(6-24)19(16)23/h2-3,5,7,13-14,20H,4,8-9,25H2,1H3,(H,27,29)/t13?,14?,20-/m0/s1. The van der Waals surface area contributed by atoms with Crippen molar-refractivity contribution < 1.29 is 13.5 Å². The van der Waals surface area contributed by atoms with Crippen molar-refractivity contribution in [3.05, 3.63) is 52.9 Å². The summed E-state index contributed by atoms with van der Waals surface area (Å²) < 4.78 is 34.1. The molecule has 10 heteroatoms. The number of aryl methyl sites for hydroxylation is 1. The molecule has 0 aliphatic carbocycles. The molecule has 2 unspecified atom stereocenters. The zero-order chi connectivity index (χ0) is 21.7.